The molecular weight excluding hydrogens is 330 g/mol. The number of para-hydroxylation sites is 1. The molecule has 1 aromatic carbocycles. The standard InChI is InChI=1S/C19H23N5O2/c1-12-10-18(23-26-12)21-19(25)14(3)20-11-17-13(2)22-24(15(17)4)16-8-6-5-7-9-16/h5-10,14,20H,11H2,1-4H3,(H,21,23,25)/t14-/m1/s1. The van der Waals surface area contributed by atoms with Gasteiger partial charge in [0.25, 0.3) is 0 Å². The minimum atomic E-state index is -0.383. The van der Waals surface area contributed by atoms with Gasteiger partial charge in [-0.15, -0.1) is 0 Å². The molecule has 0 aliphatic rings. The number of nitrogens with one attached hydrogen (secondary N) is 2. The highest BCUT2D eigenvalue weighted by molar-refractivity contribution is 5.93. The lowest BCUT2D eigenvalue weighted by Gasteiger charge is -2.13. The van der Waals surface area contributed by atoms with Gasteiger partial charge in [0.1, 0.15) is 5.76 Å². The van der Waals surface area contributed by atoms with Crippen molar-refractivity contribution in [2.24, 2.45) is 0 Å². The van der Waals surface area contributed by atoms with Crippen molar-refractivity contribution < 1.29 is 9.32 Å². The first-order valence-corrected chi connectivity index (χ1v) is 8.54. The predicted octanol–water partition coefficient (Wildman–Crippen LogP) is 2.90. The van der Waals surface area contributed by atoms with Gasteiger partial charge >= 0.3 is 0 Å². The molecule has 7 nitrogen and oxygen atoms in total. The van der Waals surface area contributed by atoms with Gasteiger partial charge in [-0.3, -0.25) is 4.79 Å². The maximum atomic E-state index is 12.3. The van der Waals surface area contributed by atoms with Gasteiger partial charge in [-0.1, -0.05) is 23.4 Å². The number of carbonyl (C=O) groups excluding carboxylic acids is 1. The van der Waals surface area contributed by atoms with Crippen LogP contribution in [-0.4, -0.2) is 26.9 Å². The number of aryl methyl sites for hydroxylation is 2. The second kappa shape index (κ2) is 7.53. The molecule has 0 spiro atoms. The summed E-state index contributed by atoms with van der Waals surface area (Å²) >= 11 is 0. The summed E-state index contributed by atoms with van der Waals surface area (Å²) < 4.78 is 6.88. The van der Waals surface area contributed by atoms with Crippen LogP contribution in [0.15, 0.2) is 40.9 Å². The van der Waals surface area contributed by atoms with E-state index < -0.39 is 0 Å². The molecular formula is C19H23N5O2. The summed E-state index contributed by atoms with van der Waals surface area (Å²) in [6.45, 7) is 8.16. The molecule has 26 heavy (non-hydrogen) atoms. The Labute approximate surface area is 152 Å². The number of aromatic nitrogens is 3. The zero-order chi connectivity index (χ0) is 18.7. The third-order valence-corrected chi connectivity index (χ3v) is 4.30. The highest BCUT2D eigenvalue weighted by Gasteiger charge is 2.17. The van der Waals surface area contributed by atoms with Gasteiger partial charge in [0.15, 0.2) is 5.82 Å². The third-order valence-electron chi connectivity index (χ3n) is 4.30. The molecule has 0 aliphatic heterocycles. The van der Waals surface area contributed by atoms with Crippen molar-refractivity contribution in [1.82, 2.24) is 20.3 Å². The van der Waals surface area contributed by atoms with Crippen LogP contribution in [0.4, 0.5) is 5.82 Å². The molecule has 3 rings (SSSR count). The molecule has 0 radical (unpaired) electrons. The van der Waals surface area contributed by atoms with Crippen LogP contribution in [0.5, 0.6) is 0 Å². The van der Waals surface area contributed by atoms with Crippen molar-refractivity contribution in [3.8, 4) is 5.69 Å². The first-order chi connectivity index (χ1) is 12.5. The third kappa shape index (κ3) is 3.83. The first kappa shape index (κ1) is 17.9. The van der Waals surface area contributed by atoms with Crippen molar-refractivity contribution in [3.05, 3.63) is 59.1 Å². The fourth-order valence-corrected chi connectivity index (χ4v) is 2.76. The molecule has 2 N–H and O–H groups in total. The van der Waals surface area contributed by atoms with E-state index in [1.165, 1.54) is 0 Å². The SMILES string of the molecule is Cc1cc(NC(=O)[C@@H](C)NCc2c(C)nn(-c3ccccc3)c2C)no1. The Morgan fingerprint density at radius 1 is 1.23 bits per heavy atom. The fourth-order valence-electron chi connectivity index (χ4n) is 2.76. The summed E-state index contributed by atoms with van der Waals surface area (Å²) in [6.07, 6.45) is 0. The predicted molar refractivity (Wildman–Crippen MR) is 99.2 cm³/mol. The van der Waals surface area contributed by atoms with Crippen LogP contribution in [0.3, 0.4) is 0 Å². The molecule has 2 aromatic heterocycles. The number of amides is 1. The first-order valence-electron chi connectivity index (χ1n) is 8.54. The number of hydrogen-bond acceptors (Lipinski definition) is 5. The molecule has 2 heterocycles. The number of carbonyl (C=O) groups is 1. The maximum absolute atomic E-state index is 12.3. The number of nitrogens with zero attached hydrogens (tertiary/aromatic N) is 3. The summed E-state index contributed by atoms with van der Waals surface area (Å²) in [5.74, 6) is 0.912. The van der Waals surface area contributed by atoms with Crippen molar-refractivity contribution in [2.75, 3.05) is 5.32 Å². The van der Waals surface area contributed by atoms with E-state index >= 15 is 0 Å². The van der Waals surface area contributed by atoms with E-state index in [0.717, 1.165) is 22.6 Å². The zero-order valence-electron chi connectivity index (χ0n) is 15.4. The van der Waals surface area contributed by atoms with Gasteiger partial charge in [-0.2, -0.15) is 5.10 Å². The van der Waals surface area contributed by atoms with Gasteiger partial charge in [0, 0.05) is 23.9 Å². The van der Waals surface area contributed by atoms with E-state index in [4.69, 9.17) is 4.52 Å². The lowest BCUT2D eigenvalue weighted by atomic mass is 10.2. The Balaban J connectivity index is 1.66. The van der Waals surface area contributed by atoms with Crippen LogP contribution in [-0.2, 0) is 11.3 Å². The van der Waals surface area contributed by atoms with Crippen LogP contribution < -0.4 is 10.6 Å². The summed E-state index contributed by atoms with van der Waals surface area (Å²) in [6, 6.07) is 11.3. The van der Waals surface area contributed by atoms with Gasteiger partial charge in [0.05, 0.1) is 17.4 Å². The fraction of sp³-hybridized carbons (Fsp3) is 0.316. The Morgan fingerprint density at radius 2 is 1.96 bits per heavy atom. The number of rotatable bonds is 6. The van der Waals surface area contributed by atoms with Crippen LogP contribution in [0.1, 0.15) is 29.6 Å². The maximum Gasteiger partial charge on any atom is 0.242 e. The van der Waals surface area contributed by atoms with Crippen molar-refractivity contribution in [1.29, 1.82) is 0 Å². The second-order valence-electron chi connectivity index (χ2n) is 6.31. The van der Waals surface area contributed by atoms with Crippen LogP contribution in [0.2, 0.25) is 0 Å². The molecule has 0 saturated heterocycles. The molecule has 1 amide bonds. The molecule has 0 fully saturated rings. The molecule has 0 bridgehead atoms. The van der Waals surface area contributed by atoms with Gasteiger partial charge in [-0.05, 0) is 39.8 Å². The Morgan fingerprint density at radius 3 is 2.62 bits per heavy atom. The molecule has 0 aliphatic carbocycles. The average Bonchev–Trinajstić information content (AvgIpc) is 3.16. The molecule has 0 unspecified atom stereocenters. The summed E-state index contributed by atoms with van der Waals surface area (Å²) in [4.78, 5) is 12.3. The summed E-state index contributed by atoms with van der Waals surface area (Å²) in [5, 5.41) is 14.4. The van der Waals surface area contributed by atoms with E-state index in [0.29, 0.717) is 18.1 Å². The average molecular weight is 353 g/mol. The van der Waals surface area contributed by atoms with Crippen LogP contribution >= 0.6 is 0 Å². The van der Waals surface area contributed by atoms with Gasteiger partial charge < -0.3 is 15.2 Å². The lowest BCUT2D eigenvalue weighted by molar-refractivity contribution is -0.117. The second-order valence-corrected chi connectivity index (χ2v) is 6.31. The monoisotopic (exact) mass is 353 g/mol. The minimum Gasteiger partial charge on any atom is -0.360 e. The van der Waals surface area contributed by atoms with E-state index in [-0.39, 0.29) is 11.9 Å². The lowest BCUT2D eigenvalue weighted by Crippen LogP contribution is -2.37. The van der Waals surface area contributed by atoms with E-state index in [1.807, 2.05) is 55.8 Å². The van der Waals surface area contributed by atoms with Gasteiger partial charge in [0.2, 0.25) is 5.91 Å². The molecule has 7 heteroatoms. The highest BCUT2D eigenvalue weighted by Crippen LogP contribution is 2.18. The number of anilines is 1. The van der Waals surface area contributed by atoms with E-state index in [2.05, 4.69) is 20.9 Å². The van der Waals surface area contributed by atoms with Crippen molar-refractivity contribution in [3.63, 3.8) is 0 Å². The van der Waals surface area contributed by atoms with E-state index in [1.54, 1.807) is 13.0 Å². The summed E-state index contributed by atoms with van der Waals surface area (Å²) in [7, 11) is 0. The summed E-state index contributed by atoms with van der Waals surface area (Å²) in [5.41, 5.74) is 4.11. The number of hydrogen-bond donors (Lipinski definition) is 2. The quantitative estimate of drug-likeness (QED) is 0.712. The molecule has 3 aromatic rings. The van der Waals surface area contributed by atoms with E-state index in [9.17, 15) is 4.79 Å². The number of benzene rings is 1. The largest absolute Gasteiger partial charge is 0.360 e. The van der Waals surface area contributed by atoms with Gasteiger partial charge in [-0.25, -0.2) is 4.68 Å². The Kier molecular flexibility index (Phi) is 5.18. The molecule has 0 saturated carbocycles. The Hall–Kier alpha value is -2.93. The van der Waals surface area contributed by atoms with Crippen LogP contribution in [0.25, 0.3) is 5.69 Å². The zero-order valence-corrected chi connectivity index (χ0v) is 15.4. The topological polar surface area (TPSA) is 85.0 Å². The normalized spacial score (nSPS) is 12.2. The minimum absolute atomic E-state index is 0.163. The Bertz CT molecular complexity index is 898. The van der Waals surface area contributed by atoms with Crippen molar-refractivity contribution >= 4 is 11.7 Å². The van der Waals surface area contributed by atoms with Crippen molar-refractivity contribution in [2.45, 2.75) is 40.3 Å². The van der Waals surface area contributed by atoms with Crippen LogP contribution in [0, 0.1) is 20.8 Å². The molecule has 1 atom stereocenters. The smallest absolute Gasteiger partial charge is 0.242 e. The molecule has 136 valence electrons. The highest BCUT2D eigenvalue weighted by atomic mass is 16.5.